The maximum Gasteiger partial charge on any atom is 0.224 e. The molecule has 1 aliphatic heterocycles. The average Bonchev–Trinajstić information content (AvgIpc) is 2.76. The Balaban J connectivity index is 1.31. The third-order valence-corrected chi connectivity index (χ3v) is 5.12. The van der Waals surface area contributed by atoms with Gasteiger partial charge in [-0.2, -0.15) is 0 Å². The Hall–Kier alpha value is -3.67. The minimum Gasteiger partial charge on any atom is -0.504 e. The Bertz CT molecular complexity index is 1040. The predicted octanol–water partition coefficient (Wildman–Crippen LogP) is 3.36. The molecule has 0 spiro atoms. The van der Waals surface area contributed by atoms with E-state index >= 15 is 0 Å². The molecule has 0 atom stereocenters. The number of fused-ring (bicyclic) bond motifs is 1. The largest absolute Gasteiger partial charge is 0.504 e. The molecule has 0 radical (unpaired) electrons. The molecular formula is C24H24N2O4. The fraction of sp³-hybridized carbons (Fsp3) is 0.208. The summed E-state index contributed by atoms with van der Waals surface area (Å²) in [7, 11) is 0. The highest BCUT2D eigenvalue weighted by molar-refractivity contribution is 5.78. The van der Waals surface area contributed by atoms with Gasteiger partial charge < -0.3 is 25.2 Å². The zero-order chi connectivity index (χ0) is 20.9. The second-order valence-corrected chi connectivity index (χ2v) is 7.35. The van der Waals surface area contributed by atoms with Crippen LogP contribution in [0.3, 0.4) is 0 Å². The molecule has 6 heteroatoms. The van der Waals surface area contributed by atoms with E-state index in [1.54, 1.807) is 6.07 Å². The van der Waals surface area contributed by atoms with Gasteiger partial charge in [-0.3, -0.25) is 4.79 Å². The summed E-state index contributed by atoms with van der Waals surface area (Å²) in [6.45, 7) is 1.83. The van der Waals surface area contributed by atoms with E-state index in [0.29, 0.717) is 25.3 Å². The fourth-order valence-electron chi connectivity index (χ4n) is 3.53. The number of hydrogen-bond donors (Lipinski definition) is 3. The van der Waals surface area contributed by atoms with Crippen LogP contribution in [0.2, 0.25) is 0 Å². The average molecular weight is 404 g/mol. The number of rotatable bonds is 6. The van der Waals surface area contributed by atoms with Crippen LogP contribution in [-0.4, -0.2) is 29.4 Å². The number of para-hydroxylation sites is 1. The Labute approximate surface area is 175 Å². The normalized spacial score (nSPS) is 12.7. The van der Waals surface area contributed by atoms with E-state index < -0.39 is 0 Å². The Morgan fingerprint density at radius 2 is 1.77 bits per heavy atom. The van der Waals surface area contributed by atoms with Gasteiger partial charge in [0, 0.05) is 24.3 Å². The van der Waals surface area contributed by atoms with E-state index in [0.717, 1.165) is 29.1 Å². The molecule has 30 heavy (non-hydrogen) atoms. The van der Waals surface area contributed by atoms with Gasteiger partial charge in [0.1, 0.15) is 5.75 Å². The lowest BCUT2D eigenvalue weighted by Gasteiger charge is -2.31. The molecule has 6 nitrogen and oxygen atoms in total. The Morgan fingerprint density at radius 3 is 2.57 bits per heavy atom. The lowest BCUT2D eigenvalue weighted by Crippen LogP contribution is -2.32. The number of aromatic hydroxyl groups is 2. The SMILES string of the molecule is O=C(Cc1ccc(O)c(O)c1)NCCc1ccc2c(c1)CN(c1ccccc1)CO2. The topological polar surface area (TPSA) is 82.0 Å². The fourth-order valence-corrected chi connectivity index (χ4v) is 3.53. The van der Waals surface area contributed by atoms with Gasteiger partial charge in [0.05, 0.1) is 6.42 Å². The molecule has 0 bridgehead atoms. The van der Waals surface area contributed by atoms with Gasteiger partial charge in [0.2, 0.25) is 5.91 Å². The van der Waals surface area contributed by atoms with Gasteiger partial charge in [-0.15, -0.1) is 0 Å². The molecule has 1 aliphatic rings. The van der Waals surface area contributed by atoms with Crippen molar-refractivity contribution in [3.63, 3.8) is 0 Å². The monoisotopic (exact) mass is 404 g/mol. The number of anilines is 1. The van der Waals surface area contributed by atoms with E-state index in [2.05, 4.69) is 28.4 Å². The van der Waals surface area contributed by atoms with Crippen LogP contribution in [0, 0.1) is 0 Å². The van der Waals surface area contributed by atoms with Crippen LogP contribution >= 0.6 is 0 Å². The maximum atomic E-state index is 12.1. The van der Waals surface area contributed by atoms with Crippen molar-refractivity contribution in [2.45, 2.75) is 19.4 Å². The molecule has 0 fully saturated rings. The van der Waals surface area contributed by atoms with Crippen molar-refractivity contribution in [2.24, 2.45) is 0 Å². The number of hydrogen-bond acceptors (Lipinski definition) is 5. The zero-order valence-corrected chi connectivity index (χ0v) is 16.5. The number of benzene rings is 3. The third-order valence-electron chi connectivity index (χ3n) is 5.12. The highest BCUT2D eigenvalue weighted by atomic mass is 16.5. The van der Waals surface area contributed by atoms with Crippen molar-refractivity contribution < 1.29 is 19.7 Å². The van der Waals surface area contributed by atoms with E-state index in [-0.39, 0.29) is 23.8 Å². The summed E-state index contributed by atoms with van der Waals surface area (Å²) in [6, 6.07) is 20.7. The highest BCUT2D eigenvalue weighted by Crippen LogP contribution is 2.29. The molecule has 0 unspecified atom stereocenters. The summed E-state index contributed by atoms with van der Waals surface area (Å²) in [4.78, 5) is 14.3. The summed E-state index contributed by atoms with van der Waals surface area (Å²) >= 11 is 0. The third kappa shape index (κ3) is 4.66. The molecule has 154 valence electrons. The summed E-state index contributed by atoms with van der Waals surface area (Å²) in [5.74, 6) is 0.362. The van der Waals surface area contributed by atoms with Gasteiger partial charge in [0.15, 0.2) is 18.2 Å². The van der Waals surface area contributed by atoms with E-state index in [1.165, 1.54) is 12.1 Å². The van der Waals surface area contributed by atoms with Crippen molar-refractivity contribution in [1.82, 2.24) is 5.32 Å². The number of phenols is 2. The minimum atomic E-state index is -0.221. The Kier molecular flexibility index (Phi) is 5.75. The molecule has 0 saturated carbocycles. The van der Waals surface area contributed by atoms with Crippen LogP contribution in [0.4, 0.5) is 5.69 Å². The number of carbonyl (C=O) groups excluding carboxylic acids is 1. The number of nitrogens with one attached hydrogen (secondary N) is 1. The number of nitrogens with zero attached hydrogens (tertiary/aromatic N) is 1. The van der Waals surface area contributed by atoms with Gasteiger partial charge in [-0.1, -0.05) is 36.4 Å². The Morgan fingerprint density at radius 1 is 0.967 bits per heavy atom. The summed E-state index contributed by atoms with van der Waals surface area (Å²) in [5.41, 5.74) is 4.04. The van der Waals surface area contributed by atoms with Crippen molar-refractivity contribution >= 4 is 11.6 Å². The first-order valence-electron chi connectivity index (χ1n) is 9.90. The summed E-state index contributed by atoms with van der Waals surface area (Å²) in [5, 5.41) is 21.8. The first-order valence-corrected chi connectivity index (χ1v) is 9.90. The smallest absolute Gasteiger partial charge is 0.224 e. The van der Waals surface area contributed by atoms with Crippen LogP contribution in [-0.2, 0) is 24.2 Å². The molecule has 1 heterocycles. The van der Waals surface area contributed by atoms with Crippen LogP contribution in [0.1, 0.15) is 16.7 Å². The van der Waals surface area contributed by atoms with Gasteiger partial charge in [0.25, 0.3) is 0 Å². The van der Waals surface area contributed by atoms with Crippen molar-refractivity contribution in [2.75, 3.05) is 18.2 Å². The molecule has 4 rings (SSSR count). The van der Waals surface area contributed by atoms with Crippen LogP contribution in [0.15, 0.2) is 66.7 Å². The lowest BCUT2D eigenvalue weighted by molar-refractivity contribution is -0.120. The quantitative estimate of drug-likeness (QED) is 0.549. The van der Waals surface area contributed by atoms with Crippen LogP contribution in [0.5, 0.6) is 17.2 Å². The molecule has 3 aromatic carbocycles. The molecule has 1 amide bonds. The van der Waals surface area contributed by atoms with Crippen molar-refractivity contribution in [1.29, 1.82) is 0 Å². The van der Waals surface area contributed by atoms with Gasteiger partial charge in [-0.05, 0) is 47.9 Å². The maximum absolute atomic E-state index is 12.1. The predicted molar refractivity (Wildman–Crippen MR) is 115 cm³/mol. The zero-order valence-electron chi connectivity index (χ0n) is 16.5. The second kappa shape index (κ2) is 8.78. The molecule has 0 aromatic heterocycles. The van der Waals surface area contributed by atoms with Crippen molar-refractivity contribution in [3.05, 3.63) is 83.4 Å². The molecule has 0 aliphatic carbocycles. The number of amides is 1. The standard InChI is InChI=1S/C24H24N2O4/c27-21-8-6-18(13-22(21)28)14-24(29)25-11-10-17-7-9-23-19(12-17)15-26(16-30-23)20-4-2-1-3-5-20/h1-9,12-13,27-28H,10-11,14-16H2,(H,25,29). The van der Waals surface area contributed by atoms with E-state index in [1.807, 2.05) is 30.3 Å². The minimum absolute atomic E-state index is 0.128. The summed E-state index contributed by atoms with van der Waals surface area (Å²) in [6.07, 6.45) is 0.864. The van der Waals surface area contributed by atoms with Crippen LogP contribution < -0.4 is 15.0 Å². The molecule has 3 N–H and O–H groups in total. The van der Waals surface area contributed by atoms with E-state index in [4.69, 9.17) is 4.74 Å². The first-order chi connectivity index (χ1) is 14.6. The van der Waals surface area contributed by atoms with Crippen LogP contribution in [0.25, 0.3) is 0 Å². The summed E-state index contributed by atoms with van der Waals surface area (Å²) < 4.78 is 5.89. The van der Waals surface area contributed by atoms with Gasteiger partial charge >= 0.3 is 0 Å². The number of phenolic OH excluding ortho intramolecular Hbond substituents is 2. The van der Waals surface area contributed by atoms with Crippen molar-refractivity contribution in [3.8, 4) is 17.2 Å². The number of ether oxygens (including phenoxy) is 1. The van der Waals surface area contributed by atoms with Gasteiger partial charge in [-0.25, -0.2) is 0 Å². The lowest BCUT2D eigenvalue weighted by atomic mass is 10.1. The first kappa shape index (κ1) is 19.6. The van der Waals surface area contributed by atoms with E-state index in [9.17, 15) is 15.0 Å². The molecular weight excluding hydrogens is 380 g/mol. The second-order valence-electron chi connectivity index (χ2n) is 7.35. The molecule has 3 aromatic rings. The number of carbonyl (C=O) groups is 1. The highest BCUT2D eigenvalue weighted by Gasteiger charge is 2.18. The molecule has 0 saturated heterocycles.